The Morgan fingerprint density at radius 2 is 1.89 bits per heavy atom. The number of carboxylic acids is 1. The van der Waals surface area contributed by atoms with Crippen LogP contribution in [0.4, 0.5) is 4.79 Å². The summed E-state index contributed by atoms with van der Waals surface area (Å²) in [6, 6.07) is 14.8. The third-order valence-corrected chi connectivity index (χ3v) is 3.70. The Bertz CT molecular complexity index is 1140. The maximum absolute atomic E-state index is 12.0. The molecular formula is C21H15NO6. The highest BCUT2D eigenvalue weighted by molar-refractivity contribution is 5.87. The van der Waals surface area contributed by atoms with Crippen molar-refractivity contribution in [2.24, 2.45) is 0 Å². The Hall–Kier alpha value is -4.05. The molecule has 3 aromatic rings. The summed E-state index contributed by atoms with van der Waals surface area (Å²) in [7, 11) is 0. The first-order chi connectivity index (χ1) is 13.5. The average molecular weight is 377 g/mol. The molecule has 0 aliphatic heterocycles. The fourth-order valence-corrected chi connectivity index (χ4v) is 2.38. The third kappa shape index (κ3) is 4.77. The van der Waals surface area contributed by atoms with Gasteiger partial charge in [-0.2, -0.15) is 0 Å². The van der Waals surface area contributed by atoms with Crippen LogP contribution in [0.15, 0.2) is 63.8 Å². The highest BCUT2D eigenvalue weighted by atomic mass is 16.5. The van der Waals surface area contributed by atoms with E-state index in [1.807, 2.05) is 30.3 Å². The van der Waals surface area contributed by atoms with Crippen LogP contribution in [-0.4, -0.2) is 23.7 Å². The van der Waals surface area contributed by atoms with Gasteiger partial charge in [-0.25, -0.2) is 9.59 Å². The van der Waals surface area contributed by atoms with Crippen molar-refractivity contribution in [3.8, 4) is 11.8 Å². The maximum atomic E-state index is 12.0. The van der Waals surface area contributed by atoms with Crippen molar-refractivity contribution in [1.29, 1.82) is 0 Å². The van der Waals surface area contributed by atoms with Crippen LogP contribution in [0.2, 0.25) is 0 Å². The molecule has 0 atom stereocenters. The van der Waals surface area contributed by atoms with E-state index in [2.05, 4.69) is 17.2 Å². The Morgan fingerprint density at radius 1 is 1.11 bits per heavy atom. The molecule has 0 saturated heterocycles. The molecule has 7 nitrogen and oxygen atoms in total. The first-order valence-corrected chi connectivity index (χ1v) is 8.27. The van der Waals surface area contributed by atoms with Gasteiger partial charge in [0.1, 0.15) is 12.2 Å². The Balaban J connectivity index is 1.59. The summed E-state index contributed by atoms with van der Waals surface area (Å²) in [4.78, 5) is 34.6. The number of ether oxygens (including phenoxy) is 1. The second-order valence-corrected chi connectivity index (χ2v) is 5.71. The van der Waals surface area contributed by atoms with Crippen molar-refractivity contribution in [2.75, 3.05) is 6.54 Å². The van der Waals surface area contributed by atoms with Gasteiger partial charge in [-0.1, -0.05) is 42.2 Å². The number of amides is 1. The van der Waals surface area contributed by atoms with Crippen molar-refractivity contribution in [1.82, 2.24) is 5.32 Å². The van der Waals surface area contributed by atoms with Crippen molar-refractivity contribution in [3.63, 3.8) is 0 Å². The molecule has 1 heterocycles. The van der Waals surface area contributed by atoms with Crippen LogP contribution in [0.5, 0.6) is 0 Å². The second-order valence-electron chi connectivity index (χ2n) is 5.71. The molecule has 140 valence electrons. The van der Waals surface area contributed by atoms with E-state index in [9.17, 15) is 14.4 Å². The number of aromatic carboxylic acids is 1. The van der Waals surface area contributed by atoms with Gasteiger partial charge in [0.25, 0.3) is 0 Å². The second kappa shape index (κ2) is 8.56. The first kappa shape index (κ1) is 18.7. The highest BCUT2D eigenvalue weighted by Gasteiger charge is 2.10. The fourth-order valence-electron chi connectivity index (χ4n) is 2.38. The molecule has 0 radical (unpaired) electrons. The van der Waals surface area contributed by atoms with Crippen LogP contribution in [0.25, 0.3) is 11.0 Å². The number of hydrogen-bond donors (Lipinski definition) is 2. The topological polar surface area (TPSA) is 106 Å². The SMILES string of the molecule is O=C(NCC#Cc1ccc2oc(C(=O)O)cc(=O)c2c1)OCc1ccccc1. The lowest BCUT2D eigenvalue weighted by Gasteiger charge is -2.04. The van der Waals surface area contributed by atoms with Gasteiger partial charge < -0.3 is 19.6 Å². The van der Waals surface area contributed by atoms with Crippen LogP contribution in [0, 0.1) is 11.8 Å². The van der Waals surface area contributed by atoms with Crippen molar-refractivity contribution in [2.45, 2.75) is 6.61 Å². The van der Waals surface area contributed by atoms with Gasteiger partial charge in [0.2, 0.25) is 5.76 Å². The Labute approximate surface area is 159 Å². The number of carbonyl (C=O) groups is 2. The number of nitrogens with one attached hydrogen (secondary N) is 1. The summed E-state index contributed by atoms with van der Waals surface area (Å²) in [5.74, 6) is 3.84. The van der Waals surface area contributed by atoms with E-state index in [4.69, 9.17) is 14.3 Å². The quantitative estimate of drug-likeness (QED) is 0.677. The van der Waals surface area contributed by atoms with E-state index in [1.54, 1.807) is 6.07 Å². The van der Waals surface area contributed by atoms with Crippen LogP contribution >= 0.6 is 0 Å². The van der Waals surface area contributed by atoms with Gasteiger partial charge in [0, 0.05) is 11.6 Å². The van der Waals surface area contributed by atoms with Crippen LogP contribution < -0.4 is 10.7 Å². The van der Waals surface area contributed by atoms with Crippen LogP contribution in [0.1, 0.15) is 21.7 Å². The first-order valence-electron chi connectivity index (χ1n) is 8.27. The molecule has 0 fully saturated rings. The minimum atomic E-state index is -1.31. The molecule has 2 N–H and O–H groups in total. The smallest absolute Gasteiger partial charge is 0.408 e. The number of rotatable bonds is 4. The fraction of sp³-hybridized carbons (Fsp3) is 0.0952. The normalized spacial score (nSPS) is 10.0. The largest absolute Gasteiger partial charge is 0.475 e. The standard InChI is InChI=1S/C21H15NO6/c23-17-12-19(20(24)25)28-18-9-8-14(11-16(17)18)7-4-10-22-21(26)27-13-15-5-2-1-3-6-15/h1-3,5-6,8-9,11-12H,10,13H2,(H,22,26)(H,24,25). The zero-order valence-electron chi connectivity index (χ0n) is 14.6. The average Bonchev–Trinajstić information content (AvgIpc) is 2.70. The number of alkyl carbamates (subject to hydrolysis) is 1. The Morgan fingerprint density at radius 3 is 2.64 bits per heavy atom. The molecular weight excluding hydrogens is 362 g/mol. The number of carboxylic acid groups (broad SMARTS) is 1. The van der Waals surface area contributed by atoms with Gasteiger partial charge in [-0.15, -0.1) is 0 Å². The van der Waals surface area contributed by atoms with Gasteiger partial charge in [0.05, 0.1) is 11.9 Å². The van der Waals surface area contributed by atoms with E-state index >= 15 is 0 Å². The maximum Gasteiger partial charge on any atom is 0.408 e. The molecule has 28 heavy (non-hydrogen) atoms. The van der Waals surface area contributed by atoms with Gasteiger partial charge in [0.15, 0.2) is 5.43 Å². The molecule has 0 bridgehead atoms. The van der Waals surface area contributed by atoms with Crippen LogP contribution in [-0.2, 0) is 11.3 Å². The monoisotopic (exact) mass is 377 g/mol. The summed E-state index contributed by atoms with van der Waals surface area (Å²) >= 11 is 0. The van der Waals surface area contributed by atoms with E-state index in [0.717, 1.165) is 11.6 Å². The molecule has 1 aromatic heterocycles. The lowest BCUT2D eigenvalue weighted by molar-refractivity contribution is 0.0663. The zero-order valence-corrected chi connectivity index (χ0v) is 14.6. The summed E-state index contributed by atoms with van der Waals surface area (Å²) in [5, 5.41) is 11.7. The molecule has 0 saturated carbocycles. The van der Waals surface area contributed by atoms with Crippen molar-refractivity contribution >= 4 is 23.0 Å². The number of benzene rings is 2. The highest BCUT2D eigenvalue weighted by Crippen LogP contribution is 2.14. The zero-order chi connectivity index (χ0) is 19.9. The van der Waals surface area contributed by atoms with Gasteiger partial charge in [-0.3, -0.25) is 4.79 Å². The van der Waals surface area contributed by atoms with Crippen molar-refractivity contribution < 1.29 is 23.8 Å². The molecule has 0 aliphatic rings. The molecule has 0 aliphatic carbocycles. The lowest BCUT2D eigenvalue weighted by Crippen LogP contribution is -2.24. The minimum absolute atomic E-state index is 0.0677. The molecule has 2 aromatic carbocycles. The van der Waals surface area contributed by atoms with E-state index < -0.39 is 23.3 Å². The molecule has 0 spiro atoms. The van der Waals surface area contributed by atoms with E-state index in [1.165, 1.54) is 12.1 Å². The lowest BCUT2D eigenvalue weighted by atomic mass is 10.1. The summed E-state index contributed by atoms with van der Waals surface area (Å²) in [5.41, 5.74) is 1.11. The summed E-state index contributed by atoms with van der Waals surface area (Å²) < 4.78 is 10.2. The molecule has 1 amide bonds. The third-order valence-electron chi connectivity index (χ3n) is 3.70. The number of hydrogen-bond acceptors (Lipinski definition) is 5. The van der Waals surface area contributed by atoms with Gasteiger partial charge in [-0.05, 0) is 23.8 Å². The van der Waals surface area contributed by atoms with Crippen LogP contribution in [0.3, 0.4) is 0 Å². The predicted octanol–water partition coefficient (Wildman–Crippen LogP) is 2.77. The minimum Gasteiger partial charge on any atom is -0.475 e. The summed E-state index contributed by atoms with van der Waals surface area (Å²) in [6.07, 6.45) is -0.585. The summed E-state index contributed by atoms with van der Waals surface area (Å²) in [6.45, 7) is 0.233. The number of fused-ring (bicyclic) bond motifs is 1. The molecule has 0 unspecified atom stereocenters. The van der Waals surface area contributed by atoms with Crippen molar-refractivity contribution in [3.05, 3.63) is 81.7 Å². The van der Waals surface area contributed by atoms with E-state index in [-0.39, 0.29) is 24.1 Å². The Kier molecular flexibility index (Phi) is 5.72. The number of carbonyl (C=O) groups excluding carboxylic acids is 1. The van der Waals surface area contributed by atoms with Gasteiger partial charge >= 0.3 is 12.1 Å². The molecule has 3 rings (SSSR count). The van der Waals surface area contributed by atoms with E-state index in [0.29, 0.717) is 5.56 Å². The molecule has 7 heteroatoms. The predicted molar refractivity (Wildman–Crippen MR) is 101 cm³/mol.